The Hall–Kier alpha value is -2.30. The summed E-state index contributed by atoms with van der Waals surface area (Å²) in [6, 6.07) is 7.81. The summed E-state index contributed by atoms with van der Waals surface area (Å²) < 4.78 is 5.32. The highest BCUT2D eigenvalue weighted by Crippen LogP contribution is 2.13. The van der Waals surface area contributed by atoms with Gasteiger partial charge in [0.05, 0.1) is 6.26 Å². The average Bonchev–Trinajstić information content (AvgIpc) is 2.98. The molecule has 0 aliphatic heterocycles. The normalized spacial score (nSPS) is 12.0. The predicted octanol–water partition coefficient (Wildman–Crippen LogP) is 2.81. The summed E-state index contributed by atoms with van der Waals surface area (Å²) in [4.78, 5) is 17.5. The van der Waals surface area contributed by atoms with Gasteiger partial charge < -0.3 is 14.6 Å². The van der Waals surface area contributed by atoms with Crippen LogP contribution in [0.25, 0.3) is 0 Å². The summed E-state index contributed by atoms with van der Waals surface area (Å²) in [6.45, 7) is 2.11. The first kappa shape index (κ1) is 15.1. The van der Waals surface area contributed by atoms with Gasteiger partial charge in [0.2, 0.25) is 0 Å². The molecule has 1 unspecified atom stereocenters. The first-order valence-electron chi connectivity index (χ1n) is 7.03. The molecule has 2 aromatic rings. The van der Waals surface area contributed by atoms with Crippen LogP contribution in [0.3, 0.4) is 0 Å². The monoisotopic (exact) mass is 287 g/mol. The second kappa shape index (κ2) is 6.92. The molecule has 2 heterocycles. The Morgan fingerprint density at radius 1 is 1.43 bits per heavy atom. The zero-order valence-electron chi connectivity index (χ0n) is 12.7. The molecule has 5 heteroatoms. The lowest BCUT2D eigenvalue weighted by atomic mass is 10.1. The van der Waals surface area contributed by atoms with Gasteiger partial charge in [-0.25, -0.2) is 0 Å². The summed E-state index contributed by atoms with van der Waals surface area (Å²) in [7, 11) is 3.44. The molecule has 0 aliphatic rings. The summed E-state index contributed by atoms with van der Waals surface area (Å²) in [5.74, 6) is 0.892. The van der Waals surface area contributed by atoms with E-state index >= 15 is 0 Å². The molecule has 112 valence electrons. The van der Waals surface area contributed by atoms with Crippen molar-refractivity contribution < 1.29 is 9.21 Å². The van der Waals surface area contributed by atoms with E-state index in [0.29, 0.717) is 5.69 Å². The average molecular weight is 287 g/mol. The van der Waals surface area contributed by atoms with Crippen molar-refractivity contribution in [2.75, 3.05) is 19.4 Å². The number of aryl methyl sites for hydroxylation is 1. The Kier molecular flexibility index (Phi) is 4.98. The third-order valence-electron chi connectivity index (χ3n) is 3.20. The van der Waals surface area contributed by atoms with Crippen LogP contribution in [-0.4, -0.2) is 35.9 Å². The largest absolute Gasteiger partial charge is 0.469 e. The van der Waals surface area contributed by atoms with Gasteiger partial charge in [-0.1, -0.05) is 0 Å². The fourth-order valence-corrected chi connectivity index (χ4v) is 2.04. The highest BCUT2D eigenvalue weighted by Gasteiger charge is 2.11. The van der Waals surface area contributed by atoms with Crippen molar-refractivity contribution in [2.24, 2.45) is 0 Å². The molecule has 5 nitrogen and oxygen atoms in total. The van der Waals surface area contributed by atoms with Crippen molar-refractivity contribution >= 4 is 11.6 Å². The Bertz CT molecular complexity index is 579. The lowest BCUT2D eigenvalue weighted by Crippen LogP contribution is -2.23. The van der Waals surface area contributed by atoms with E-state index < -0.39 is 0 Å². The van der Waals surface area contributed by atoms with E-state index in [1.165, 1.54) is 4.90 Å². The molecule has 0 aromatic carbocycles. The van der Waals surface area contributed by atoms with E-state index in [1.54, 1.807) is 32.6 Å². The molecule has 0 bridgehead atoms. The number of hydrogen-bond donors (Lipinski definition) is 1. The number of carbonyl (C=O) groups is 1. The fraction of sp³-hybridized carbons (Fsp3) is 0.375. The molecule has 0 spiro atoms. The molecule has 2 rings (SSSR count). The molecule has 1 atom stereocenters. The summed E-state index contributed by atoms with van der Waals surface area (Å²) >= 11 is 0. The fourth-order valence-electron chi connectivity index (χ4n) is 2.04. The quantitative estimate of drug-likeness (QED) is 0.887. The van der Waals surface area contributed by atoms with Crippen LogP contribution in [0.5, 0.6) is 0 Å². The SMILES string of the molecule is CC(CCc1ccco1)Nc1ccnc(C(=O)N(C)C)c1. The van der Waals surface area contributed by atoms with E-state index in [9.17, 15) is 4.79 Å². The Morgan fingerprint density at radius 2 is 2.24 bits per heavy atom. The van der Waals surface area contributed by atoms with Crippen LogP contribution in [-0.2, 0) is 6.42 Å². The molecule has 0 radical (unpaired) electrons. The highest BCUT2D eigenvalue weighted by molar-refractivity contribution is 5.92. The lowest BCUT2D eigenvalue weighted by Gasteiger charge is -2.16. The highest BCUT2D eigenvalue weighted by atomic mass is 16.3. The van der Waals surface area contributed by atoms with Gasteiger partial charge in [0.25, 0.3) is 5.91 Å². The maximum atomic E-state index is 11.9. The van der Waals surface area contributed by atoms with Crippen LogP contribution in [0.2, 0.25) is 0 Å². The van der Waals surface area contributed by atoms with Gasteiger partial charge in [-0.05, 0) is 37.6 Å². The van der Waals surface area contributed by atoms with Crippen molar-refractivity contribution in [3.63, 3.8) is 0 Å². The van der Waals surface area contributed by atoms with E-state index in [0.717, 1.165) is 24.3 Å². The van der Waals surface area contributed by atoms with Gasteiger partial charge in [-0.3, -0.25) is 9.78 Å². The standard InChI is InChI=1S/C16H21N3O2/c1-12(6-7-14-5-4-10-21-14)18-13-8-9-17-15(11-13)16(20)19(2)3/h4-5,8-12H,6-7H2,1-3H3,(H,17,18). The van der Waals surface area contributed by atoms with Crippen molar-refractivity contribution in [1.82, 2.24) is 9.88 Å². The van der Waals surface area contributed by atoms with E-state index in [-0.39, 0.29) is 11.9 Å². The minimum atomic E-state index is -0.0955. The second-order valence-corrected chi connectivity index (χ2v) is 5.29. The van der Waals surface area contributed by atoms with Crippen LogP contribution in [0.15, 0.2) is 41.1 Å². The number of nitrogens with one attached hydrogen (secondary N) is 1. The number of amides is 1. The molecule has 2 aromatic heterocycles. The van der Waals surface area contributed by atoms with Gasteiger partial charge in [0.1, 0.15) is 11.5 Å². The van der Waals surface area contributed by atoms with Crippen LogP contribution < -0.4 is 5.32 Å². The van der Waals surface area contributed by atoms with Gasteiger partial charge in [0, 0.05) is 38.4 Å². The van der Waals surface area contributed by atoms with E-state index in [2.05, 4.69) is 17.2 Å². The number of nitrogens with zero attached hydrogens (tertiary/aromatic N) is 2. The first-order valence-corrected chi connectivity index (χ1v) is 7.03. The van der Waals surface area contributed by atoms with Crippen molar-refractivity contribution in [3.05, 3.63) is 48.2 Å². The van der Waals surface area contributed by atoms with Crippen LogP contribution in [0, 0.1) is 0 Å². The number of hydrogen-bond acceptors (Lipinski definition) is 4. The van der Waals surface area contributed by atoms with Gasteiger partial charge in [-0.2, -0.15) is 0 Å². The van der Waals surface area contributed by atoms with Crippen LogP contribution >= 0.6 is 0 Å². The minimum absolute atomic E-state index is 0.0955. The van der Waals surface area contributed by atoms with Crippen LogP contribution in [0.4, 0.5) is 5.69 Å². The third kappa shape index (κ3) is 4.34. The van der Waals surface area contributed by atoms with Gasteiger partial charge in [0.15, 0.2) is 0 Å². The Labute approximate surface area is 125 Å². The molecule has 0 saturated heterocycles. The predicted molar refractivity (Wildman–Crippen MR) is 82.4 cm³/mol. The maximum absolute atomic E-state index is 11.9. The zero-order chi connectivity index (χ0) is 15.2. The minimum Gasteiger partial charge on any atom is -0.469 e. The molecule has 0 saturated carbocycles. The molecule has 1 N–H and O–H groups in total. The molecule has 0 fully saturated rings. The maximum Gasteiger partial charge on any atom is 0.272 e. The molecule has 21 heavy (non-hydrogen) atoms. The molecule has 1 amide bonds. The molecule has 0 aliphatic carbocycles. The number of furan rings is 1. The van der Waals surface area contributed by atoms with Crippen LogP contribution in [0.1, 0.15) is 29.6 Å². The van der Waals surface area contributed by atoms with Gasteiger partial charge >= 0.3 is 0 Å². The topological polar surface area (TPSA) is 58.4 Å². The van der Waals surface area contributed by atoms with Crippen molar-refractivity contribution in [3.8, 4) is 0 Å². The van der Waals surface area contributed by atoms with E-state index in [4.69, 9.17) is 4.42 Å². The van der Waals surface area contributed by atoms with E-state index in [1.807, 2.05) is 18.2 Å². The summed E-state index contributed by atoms with van der Waals surface area (Å²) in [5.41, 5.74) is 1.35. The number of rotatable bonds is 6. The zero-order valence-corrected chi connectivity index (χ0v) is 12.7. The first-order chi connectivity index (χ1) is 10.1. The Balaban J connectivity index is 1.92. The molecular weight excluding hydrogens is 266 g/mol. The summed E-state index contributed by atoms with van der Waals surface area (Å²) in [5, 5.41) is 3.39. The molecular formula is C16H21N3O2. The smallest absolute Gasteiger partial charge is 0.272 e. The van der Waals surface area contributed by atoms with Gasteiger partial charge in [-0.15, -0.1) is 0 Å². The number of pyridine rings is 1. The lowest BCUT2D eigenvalue weighted by molar-refractivity contribution is 0.0822. The number of aromatic nitrogens is 1. The van der Waals surface area contributed by atoms with Crippen molar-refractivity contribution in [1.29, 1.82) is 0 Å². The Morgan fingerprint density at radius 3 is 2.90 bits per heavy atom. The second-order valence-electron chi connectivity index (χ2n) is 5.29. The third-order valence-corrected chi connectivity index (χ3v) is 3.20. The number of anilines is 1. The van der Waals surface area contributed by atoms with Crippen molar-refractivity contribution in [2.45, 2.75) is 25.8 Å². The summed E-state index contributed by atoms with van der Waals surface area (Å²) in [6.07, 6.45) is 5.18. The number of carbonyl (C=O) groups excluding carboxylic acids is 1.